The van der Waals surface area contributed by atoms with Crippen LogP contribution in [0.15, 0.2) is 12.3 Å². The van der Waals surface area contributed by atoms with Crippen molar-refractivity contribution < 1.29 is 4.79 Å². The lowest BCUT2D eigenvalue weighted by Gasteiger charge is -2.13. The average Bonchev–Trinajstić information content (AvgIpc) is 2.63. The van der Waals surface area contributed by atoms with Gasteiger partial charge in [-0.15, -0.1) is 12.3 Å². The number of nitrogen functional groups attached to an aromatic ring is 1. The highest BCUT2D eigenvalue weighted by molar-refractivity contribution is 5.76. The minimum atomic E-state index is -0.106. The third kappa shape index (κ3) is 3.65. The standard InChI is InChI=1S/C11H16N4O/c1-3-5-9(4-2)13-11(16)8-15-7-6-10(12)14-15/h1,6-7,9H,4-5,8H2,2H3,(H2,12,14)(H,13,16). The molecule has 5 nitrogen and oxygen atoms in total. The Morgan fingerprint density at radius 1 is 1.81 bits per heavy atom. The largest absolute Gasteiger partial charge is 0.382 e. The Hall–Kier alpha value is -1.96. The Morgan fingerprint density at radius 2 is 2.56 bits per heavy atom. The normalized spacial score (nSPS) is 11.8. The highest BCUT2D eigenvalue weighted by Crippen LogP contribution is 1.98. The molecule has 0 radical (unpaired) electrons. The summed E-state index contributed by atoms with van der Waals surface area (Å²) >= 11 is 0. The monoisotopic (exact) mass is 220 g/mol. The predicted molar refractivity (Wildman–Crippen MR) is 62.3 cm³/mol. The molecule has 0 saturated carbocycles. The van der Waals surface area contributed by atoms with Gasteiger partial charge in [-0.1, -0.05) is 6.92 Å². The molecule has 5 heteroatoms. The van der Waals surface area contributed by atoms with Gasteiger partial charge in [0.1, 0.15) is 12.4 Å². The molecule has 0 fully saturated rings. The van der Waals surface area contributed by atoms with Gasteiger partial charge in [-0.25, -0.2) is 0 Å². The maximum absolute atomic E-state index is 11.6. The van der Waals surface area contributed by atoms with Crippen molar-refractivity contribution in [2.75, 3.05) is 5.73 Å². The summed E-state index contributed by atoms with van der Waals surface area (Å²) in [6, 6.07) is 1.68. The number of hydrogen-bond donors (Lipinski definition) is 2. The number of aromatic nitrogens is 2. The molecule has 1 amide bonds. The molecule has 0 bridgehead atoms. The number of carbonyl (C=O) groups is 1. The highest BCUT2D eigenvalue weighted by atomic mass is 16.2. The van der Waals surface area contributed by atoms with E-state index < -0.39 is 0 Å². The molecular weight excluding hydrogens is 204 g/mol. The first-order chi connectivity index (χ1) is 7.65. The molecule has 0 aromatic carbocycles. The first kappa shape index (κ1) is 12.1. The number of nitrogens with one attached hydrogen (secondary N) is 1. The minimum absolute atomic E-state index is 0.0328. The quantitative estimate of drug-likeness (QED) is 0.705. The molecule has 1 rings (SSSR count). The first-order valence-electron chi connectivity index (χ1n) is 5.17. The van der Waals surface area contributed by atoms with E-state index in [9.17, 15) is 4.79 Å². The summed E-state index contributed by atoms with van der Waals surface area (Å²) in [5.74, 6) is 2.83. The molecule has 1 heterocycles. The van der Waals surface area contributed by atoms with Crippen LogP contribution in [0.5, 0.6) is 0 Å². The van der Waals surface area contributed by atoms with Crippen LogP contribution in [0, 0.1) is 12.3 Å². The maximum Gasteiger partial charge on any atom is 0.241 e. The van der Waals surface area contributed by atoms with Crippen LogP contribution in [0.2, 0.25) is 0 Å². The smallest absolute Gasteiger partial charge is 0.241 e. The molecule has 3 N–H and O–H groups in total. The van der Waals surface area contributed by atoms with Crippen LogP contribution in [-0.2, 0) is 11.3 Å². The number of anilines is 1. The average molecular weight is 220 g/mol. The number of terminal acetylenes is 1. The van der Waals surface area contributed by atoms with Gasteiger partial charge < -0.3 is 11.1 Å². The molecule has 0 aliphatic rings. The zero-order chi connectivity index (χ0) is 12.0. The Kier molecular flexibility index (Phi) is 4.40. The van der Waals surface area contributed by atoms with Crippen LogP contribution in [0.25, 0.3) is 0 Å². The van der Waals surface area contributed by atoms with E-state index >= 15 is 0 Å². The summed E-state index contributed by atoms with van der Waals surface area (Å²) in [6.07, 6.45) is 8.23. The summed E-state index contributed by atoms with van der Waals surface area (Å²) in [5.41, 5.74) is 5.44. The van der Waals surface area contributed by atoms with Crippen LogP contribution in [-0.4, -0.2) is 21.7 Å². The van der Waals surface area contributed by atoms with Gasteiger partial charge in [-0.2, -0.15) is 5.10 Å². The number of rotatable bonds is 5. The second-order valence-electron chi connectivity index (χ2n) is 3.52. The third-order valence-corrected chi connectivity index (χ3v) is 2.19. The second-order valence-corrected chi connectivity index (χ2v) is 3.52. The Balaban J connectivity index is 2.44. The minimum Gasteiger partial charge on any atom is -0.382 e. The van der Waals surface area contributed by atoms with Crippen molar-refractivity contribution in [3.05, 3.63) is 12.3 Å². The molecular formula is C11H16N4O. The van der Waals surface area contributed by atoms with Crippen LogP contribution in [0.3, 0.4) is 0 Å². The van der Waals surface area contributed by atoms with Crippen LogP contribution in [0.4, 0.5) is 5.82 Å². The summed E-state index contributed by atoms with van der Waals surface area (Å²) in [6.45, 7) is 2.15. The Labute approximate surface area is 95.0 Å². The molecule has 16 heavy (non-hydrogen) atoms. The van der Waals surface area contributed by atoms with E-state index in [-0.39, 0.29) is 18.5 Å². The fourth-order valence-electron chi connectivity index (χ4n) is 1.33. The van der Waals surface area contributed by atoms with Crippen molar-refractivity contribution in [1.29, 1.82) is 0 Å². The number of hydrogen-bond acceptors (Lipinski definition) is 3. The van der Waals surface area contributed by atoms with Gasteiger partial charge in [0, 0.05) is 18.7 Å². The molecule has 0 spiro atoms. The Morgan fingerprint density at radius 3 is 3.06 bits per heavy atom. The molecule has 0 saturated heterocycles. The molecule has 1 aromatic rings. The lowest BCUT2D eigenvalue weighted by molar-refractivity contribution is -0.122. The third-order valence-electron chi connectivity index (χ3n) is 2.19. The zero-order valence-corrected chi connectivity index (χ0v) is 9.31. The van der Waals surface area contributed by atoms with Crippen LogP contribution >= 0.6 is 0 Å². The van der Waals surface area contributed by atoms with E-state index in [2.05, 4.69) is 16.3 Å². The van der Waals surface area contributed by atoms with Gasteiger partial charge in [0.15, 0.2) is 0 Å². The summed E-state index contributed by atoms with van der Waals surface area (Å²) in [4.78, 5) is 11.6. The Bertz CT molecular complexity index is 391. The van der Waals surface area contributed by atoms with Gasteiger partial charge in [-0.3, -0.25) is 9.48 Å². The second kappa shape index (κ2) is 5.81. The van der Waals surface area contributed by atoms with Crippen molar-refractivity contribution in [3.63, 3.8) is 0 Å². The van der Waals surface area contributed by atoms with Crippen molar-refractivity contribution in [1.82, 2.24) is 15.1 Å². The predicted octanol–water partition coefficient (Wildman–Crippen LogP) is 0.383. The number of nitrogens with zero attached hydrogens (tertiary/aromatic N) is 2. The fourth-order valence-corrected chi connectivity index (χ4v) is 1.33. The van der Waals surface area contributed by atoms with E-state index in [1.54, 1.807) is 12.3 Å². The van der Waals surface area contributed by atoms with Crippen molar-refractivity contribution >= 4 is 11.7 Å². The summed E-state index contributed by atoms with van der Waals surface area (Å²) in [7, 11) is 0. The SMILES string of the molecule is C#CCC(CC)NC(=O)Cn1ccc(N)n1. The number of carbonyl (C=O) groups excluding carboxylic acids is 1. The molecule has 0 aliphatic carbocycles. The van der Waals surface area contributed by atoms with Gasteiger partial charge >= 0.3 is 0 Å². The molecule has 1 aromatic heterocycles. The van der Waals surface area contributed by atoms with Crippen molar-refractivity contribution in [2.45, 2.75) is 32.4 Å². The van der Waals surface area contributed by atoms with E-state index in [0.29, 0.717) is 12.2 Å². The van der Waals surface area contributed by atoms with Gasteiger partial charge in [-0.05, 0) is 12.5 Å². The van der Waals surface area contributed by atoms with E-state index in [4.69, 9.17) is 12.2 Å². The molecule has 0 aliphatic heterocycles. The van der Waals surface area contributed by atoms with E-state index in [0.717, 1.165) is 6.42 Å². The summed E-state index contributed by atoms with van der Waals surface area (Å²) in [5, 5.41) is 6.77. The van der Waals surface area contributed by atoms with Gasteiger partial charge in [0.2, 0.25) is 5.91 Å². The van der Waals surface area contributed by atoms with E-state index in [1.165, 1.54) is 4.68 Å². The number of nitrogens with two attached hydrogens (primary N) is 1. The van der Waals surface area contributed by atoms with Gasteiger partial charge in [0.05, 0.1) is 0 Å². The van der Waals surface area contributed by atoms with Crippen LogP contribution in [0.1, 0.15) is 19.8 Å². The molecule has 1 atom stereocenters. The maximum atomic E-state index is 11.6. The van der Waals surface area contributed by atoms with Crippen molar-refractivity contribution in [3.8, 4) is 12.3 Å². The summed E-state index contributed by atoms with van der Waals surface area (Å²) < 4.78 is 1.49. The van der Waals surface area contributed by atoms with Crippen LogP contribution < -0.4 is 11.1 Å². The first-order valence-corrected chi connectivity index (χ1v) is 5.17. The fraction of sp³-hybridized carbons (Fsp3) is 0.455. The zero-order valence-electron chi connectivity index (χ0n) is 9.31. The van der Waals surface area contributed by atoms with E-state index in [1.807, 2.05) is 6.92 Å². The molecule has 86 valence electrons. The van der Waals surface area contributed by atoms with Gasteiger partial charge in [0.25, 0.3) is 0 Å². The molecule has 1 unspecified atom stereocenters. The number of amides is 1. The highest BCUT2D eigenvalue weighted by Gasteiger charge is 2.09. The van der Waals surface area contributed by atoms with Crippen molar-refractivity contribution in [2.24, 2.45) is 0 Å². The lowest BCUT2D eigenvalue weighted by Crippen LogP contribution is -2.36. The lowest BCUT2D eigenvalue weighted by atomic mass is 10.1. The topological polar surface area (TPSA) is 72.9 Å².